The molecule has 1 saturated carbocycles. The lowest BCUT2D eigenvalue weighted by Crippen LogP contribution is -2.03. The van der Waals surface area contributed by atoms with Crippen molar-refractivity contribution >= 4 is 21.6 Å². The van der Waals surface area contributed by atoms with Crippen LogP contribution in [0.25, 0.3) is 0 Å². The molecule has 1 aromatic rings. The third kappa shape index (κ3) is 2.02. The van der Waals surface area contributed by atoms with Crippen molar-refractivity contribution in [3.8, 4) is 0 Å². The molecule has 0 unspecified atom stereocenters. The predicted octanol–water partition coefficient (Wildman–Crippen LogP) is 3.47. The summed E-state index contributed by atoms with van der Waals surface area (Å²) in [6, 6.07) is 3.93. The fraction of sp³-hybridized carbons (Fsp3) is 0.400. The molecule has 0 saturated heterocycles. The van der Waals surface area contributed by atoms with E-state index < -0.39 is 0 Å². The molecule has 0 radical (unpaired) electrons. The number of aryl methyl sites for hydroxylation is 1. The second-order valence-corrected chi connectivity index (χ2v) is 4.35. The fourth-order valence-electron chi connectivity index (χ4n) is 1.25. The van der Waals surface area contributed by atoms with Crippen LogP contribution in [0.4, 0.5) is 10.1 Å². The molecule has 1 aliphatic rings. The van der Waals surface area contributed by atoms with Crippen molar-refractivity contribution in [1.29, 1.82) is 0 Å². The van der Waals surface area contributed by atoms with Crippen LogP contribution in [0.2, 0.25) is 0 Å². The van der Waals surface area contributed by atoms with Gasteiger partial charge in [0, 0.05) is 11.7 Å². The van der Waals surface area contributed by atoms with Crippen molar-refractivity contribution in [3.05, 3.63) is 28.0 Å². The first-order valence-corrected chi connectivity index (χ1v) is 5.18. The molecule has 0 amide bonds. The zero-order valence-corrected chi connectivity index (χ0v) is 8.99. The van der Waals surface area contributed by atoms with E-state index in [-0.39, 0.29) is 5.82 Å². The summed E-state index contributed by atoms with van der Waals surface area (Å²) in [6.45, 7) is 1.98. The largest absolute Gasteiger partial charge is 0.382 e. The van der Waals surface area contributed by atoms with Crippen molar-refractivity contribution in [2.75, 3.05) is 5.32 Å². The van der Waals surface area contributed by atoms with Crippen molar-refractivity contribution in [2.24, 2.45) is 0 Å². The van der Waals surface area contributed by atoms with Crippen LogP contribution in [0.5, 0.6) is 0 Å². The maximum atomic E-state index is 13.1. The Morgan fingerprint density at radius 2 is 2.15 bits per heavy atom. The van der Waals surface area contributed by atoms with Gasteiger partial charge in [0.2, 0.25) is 0 Å². The first kappa shape index (κ1) is 9.00. The van der Waals surface area contributed by atoms with E-state index in [0.29, 0.717) is 10.5 Å². The topological polar surface area (TPSA) is 12.0 Å². The molecule has 0 aliphatic heterocycles. The van der Waals surface area contributed by atoms with Crippen molar-refractivity contribution < 1.29 is 4.39 Å². The van der Waals surface area contributed by atoms with Crippen LogP contribution in [-0.2, 0) is 0 Å². The Morgan fingerprint density at radius 1 is 1.46 bits per heavy atom. The minimum atomic E-state index is -0.200. The molecule has 2 rings (SSSR count). The molecule has 3 heteroatoms. The van der Waals surface area contributed by atoms with E-state index in [1.165, 1.54) is 12.8 Å². The van der Waals surface area contributed by atoms with Crippen LogP contribution in [-0.4, -0.2) is 6.04 Å². The Morgan fingerprint density at radius 3 is 2.77 bits per heavy atom. The molecule has 1 fully saturated rings. The van der Waals surface area contributed by atoms with E-state index >= 15 is 0 Å². The summed E-state index contributed by atoms with van der Waals surface area (Å²) in [4.78, 5) is 0. The van der Waals surface area contributed by atoms with Crippen molar-refractivity contribution in [1.82, 2.24) is 0 Å². The minimum absolute atomic E-state index is 0.200. The Kier molecular flexibility index (Phi) is 2.28. The Bertz CT molecular complexity index is 334. The molecule has 0 bridgehead atoms. The number of rotatable bonds is 2. The molecule has 13 heavy (non-hydrogen) atoms. The van der Waals surface area contributed by atoms with E-state index in [9.17, 15) is 4.39 Å². The molecular weight excluding hydrogens is 233 g/mol. The van der Waals surface area contributed by atoms with Crippen LogP contribution in [0, 0.1) is 12.7 Å². The average Bonchev–Trinajstić information content (AvgIpc) is 2.84. The molecule has 0 heterocycles. The van der Waals surface area contributed by atoms with Crippen molar-refractivity contribution in [3.63, 3.8) is 0 Å². The zero-order valence-electron chi connectivity index (χ0n) is 7.40. The molecule has 1 aliphatic carbocycles. The van der Waals surface area contributed by atoms with Gasteiger partial charge in [0.1, 0.15) is 5.82 Å². The highest BCUT2D eigenvalue weighted by atomic mass is 79.9. The van der Waals surface area contributed by atoms with E-state index in [0.717, 1.165) is 11.3 Å². The number of halogens is 2. The van der Waals surface area contributed by atoms with Gasteiger partial charge in [-0.05, 0) is 53.4 Å². The molecule has 1 aromatic carbocycles. The molecule has 70 valence electrons. The lowest BCUT2D eigenvalue weighted by molar-refractivity contribution is 0.621. The van der Waals surface area contributed by atoms with E-state index in [2.05, 4.69) is 21.2 Å². The summed E-state index contributed by atoms with van der Waals surface area (Å²) in [5.74, 6) is -0.200. The van der Waals surface area contributed by atoms with Gasteiger partial charge in [-0.3, -0.25) is 0 Å². The second-order valence-electron chi connectivity index (χ2n) is 3.50. The fourth-order valence-corrected chi connectivity index (χ4v) is 1.71. The molecule has 1 nitrogen and oxygen atoms in total. The van der Waals surface area contributed by atoms with Gasteiger partial charge in [0.25, 0.3) is 0 Å². The van der Waals surface area contributed by atoms with Gasteiger partial charge in [-0.25, -0.2) is 4.39 Å². The van der Waals surface area contributed by atoms with Gasteiger partial charge in [-0.1, -0.05) is 0 Å². The molecular formula is C10H11BrFN. The second kappa shape index (κ2) is 3.29. The summed E-state index contributed by atoms with van der Waals surface area (Å²) in [5, 5.41) is 3.29. The van der Waals surface area contributed by atoms with Crippen LogP contribution >= 0.6 is 15.9 Å². The lowest BCUT2D eigenvalue weighted by atomic mass is 10.2. The summed E-state index contributed by atoms with van der Waals surface area (Å²) in [5.41, 5.74) is 2.00. The van der Waals surface area contributed by atoms with Crippen molar-refractivity contribution in [2.45, 2.75) is 25.8 Å². The smallest absolute Gasteiger partial charge is 0.139 e. The predicted molar refractivity (Wildman–Crippen MR) is 55.5 cm³/mol. The average molecular weight is 244 g/mol. The number of hydrogen-bond acceptors (Lipinski definition) is 1. The van der Waals surface area contributed by atoms with Crippen LogP contribution in [0.15, 0.2) is 16.6 Å². The van der Waals surface area contributed by atoms with Gasteiger partial charge in [0.15, 0.2) is 0 Å². The highest BCUT2D eigenvalue weighted by Crippen LogP contribution is 2.29. The number of nitrogens with one attached hydrogen (secondary N) is 1. The first-order chi connectivity index (χ1) is 6.16. The van der Waals surface area contributed by atoms with Crippen LogP contribution in [0.3, 0.4) is 0 Å². The van der Waals surface area contributed by atoms with Crippen LogP contribution < -0.4 is 5.32 Å². The minimum Gasteiger partial charge on any atom is -0.382 e. The normalized spacial score (nSPS) is 15.9. The summed E-state index contributed by atoms with van der Waals surface area (Å²) >= 11 is 3.16. The molecule has 1 N–H and O–H groups in total. The van der Waals surface area contributed by atoms with Gasteiger partial charge < -0.3 is 5.32 Å². The van der Waals surface area contributed by atoms with Gasteiger partial charge in [-0.2, -0.15) is 0 Å². The summed E-state index contributed by atoms with van der Waals surface area (Å²) in [6.07, 6.45) is 2.41. The van der Waals surface area contributed by atoms with E-state index in [4.69, 9.17) is 0 Å². The summed E-state index contributed by atoms with van der Waals surface area (Å²) in [7, 11) is 0. The number of benzene rings is 1. The zero-order chi connectivity index (χ0) is 9.42. The maximum absolute atomic E-state index is 13.1. The third-order valence-electron chi connectivity index (χ3n) is 2.20. The van der Waals surface area contributed by atoms with E-state index in [1.54, 1.807) is 12.1 Å². The molecule has 0 atom stereocenters. The Hall–Kier alpha value is -0.570. The monoisotopic (exact) mass is 243 g/mol. The molecule has 0 spiro atoms. The third-order valence-corrected chi connectivity index (χ3v) is 2.81. The Balaban J connectivity index is 2.27. The number of hydrogen-bond donors (Lipinski definition) is 1. The van der Waals surface area contributed by atoms with Gasteiger partial charge >= 0.3 is 0 Å². The van der Waals surface area contributed by atoms with Crippen LogP contribution in [0.1, 0.15) is 18.4 Å². The number of anilines is 1. The summed E-state index contributed by atoms with van der Waals surface area (Å²) < 4.78 is 13.7. The highest BCUT2D eigenvalue weighted by molar-refractivity contribution is 9.10. The SMILES string of the molecule is Cc1cc(Br)c(F)cc1NC1CC1. The van der Waals surface area contributed by atoms with E-state index in [1.807, 2.05) is 6.92 Å². The van der Waals surface area contributed by atoms with Gasteiger partial charge in [-0.15, -0.1) is 0 Å². The standard InChI is InChI=1S/C10H11BrFN/c1-6-4-8(11)9(12)5-10(6)13-7-2-3-7/h4-5,7,13H,2-3H2,1H3. The van der Waals surface area contributed by atoms with Gasteiger partial charge in [0.05, 0.1) is 4.47 Å². The quantitative estimate of drug-likeness (QED) is 0.839. The molecule has 0 aromatic heterocycles. The lowest BCUT2D eigenvalue weighted by Gasteiger charge is -2.09. The highest BCUT2D eigenvalue weighted by Gasteiger charge is 2.21. The first-order valence-electron chi connectivity index (χ1n) is 4.39. The maximum Gasteiger partial charge on any atom is 0.139 e. The Labute approximate surface area is 85.5 Å².